The van der Waals surface area contributed by atoms with Crippen LogP contribution < -0.4 is 4.74 Å². The van der Waals surface area contributed by atoms with Crippen molar-refractivity contribution in [3.63, 3.8) is 0 Å². The van der Waals surface area contributed by atoms with Gasteiger partial charge in [-0.3, -0.25) is 0 Å². The lowest BCUT2D eigenvalue weighted by Crippen LogP contribution is -2.49. The molecule has 0 amide bonds. The molecule has 134 valence electrons. The van der Waals surface area contributed by atoms with Crippen molar-refractivity contribution in [2.75, 3.05) is 46.5 Å². The summed E-state index contributed by atoms with van der Waals surface area (Å²) in [5.74, 6) is 1.05. The number of morpholine rings is 1. The molecule has 2 aliphatic heterocycles. The predicted molar refractivity (Wildman–Crippen MR) is 92.5 cm³/mol. The Balaban J connectivity index is 1.76. The van der Waals surface area contributed by atoms with Gasteiger partial charge in [-0.05, 0) is 36.5 Å². The largest absolute Gasteiger partial charge is 0.497 e. The fraction of sp³-hybridized carbons (Fsp3) is 0.647. The Kier molecular flexibility index (Phi) is 5.76. The molecule has 6 nitrogen and oxygen atoms in total. The quantitative estimate of drug-likeness (QED) is 0.828. The highest BCUT2D eigenvalue weighted by Gasteiger charge is 2.33. The van der Waals surface area contributed by atoms with Crippen LogP contribution in [-0.2, 0) is 14.9 Å². The van der Waals surface area contributed by atoms with E-state index in [1.165, 1.54) is 5.56 Å². The second-order valence-corrected chi connectivity index (χ2v) is 8.27. The third-order valence-electron chi connectivity index (χ3n) is 4.84. The first-order valence-corrected chi connectivity index (χ1v) is 9.98. The van der Waals surface area contributed by atoms with Crippen LogP contribution >= 0.6 is 0 Å². The Morgan fingerprint density at radius 2 is 1.75 bits per heavy atom. The zero-order chi connectivity index (χ0) is 17.0. The van der Waals surface area contributed by atoms with Gasteiger partial charge in [0.25, 0.3) is 10.2 Å². The molecular weight excluding hydrogens is 328 g/mol. The molecule has 1 unspecified atom stereocenters. The van der Waals surface area contributed by atoms with Gasteiger partial charge in [-0.25, -0.2) is 0 Å². The highest BCUT2D eigenvalue weighted by Crippen LogP contribution is 2.29. The summed E-state index contributed by atoms with van der Waals surface area (Å²) in [5.41, 5.74) is 1.18. The molecule has 2 fully saturated rings. The van der Waals surface area contributed by atoms with E-state index in [1.807, 2.05) is 24.3 Å². The molecule has 24 heavy (non-hydrogen) atoms. The minimum atomic E-state index is -3.40. The average molecular weight is 354 g/mol. The summed E-state index contributed by atoms with van der Waals surface area (Å²) >= 11 is 0. The maximum Gasteiger partial charge on any atom is 0.282 e. The zero-order valence-electron chi connectivity index (χ0n) is 14.2. The van der Waals surface area contributed by atoms with Gasteiger partial charge in [0, 0.05) is 26.2 Å². The highest BCUT2D eigenvalue weighted by atomic mass is 32.2. The van der Waals surface area contributed by atoms with Crippen LogP contribution in [0.1, 0.15) is 30.7 Å². The standard InChI is InChI=1S/C17H26N2O4S/c1-22-17-7-5-15(6-8-17)16-4-2-3-9-19(14-16)24(20,21)18-10-12-23-13-11-18/h5-8,16H,2-4,9-14H2,1H3. The number of hydrogen-bond donors (Lipinski definition) is 0. The molecule has 2 heterocycles. The molecule has 1 aromatic carbocycles. The number of benzene rings is 1. The summed E-state index contributed by atoms with van der Waals surface area (Å²) in [6.45, 7) is 3.01. The average Bonchev–Trinajstić information content (AvgIpc) is 2.89. The lowest BCUT2D eigenvalue weighted by atomic mass is 9.94. The molecule has 2 aliphatic rings. The van der Waals surface area contributed by atoms with Crippen LogP contribution in [0.5, 0.6) is 5.75 Å². The number of methoxy groups -OCH3 is 1. The van der Waals surface area contributed by atoms with Crippen molar-refractivity contribution >= 4 is 10.2 Å². The van der Waals surface area contributed by atoms with Crippen LogP contribution in [0, 0.1) is 0 Å². The van der Waals surface area contributed by atoms with Crippen molar-refractivity contribution in [1.82, 2.24) is 8.61 Å². The molecule has 0 bridgehead atoms. The molecule has 0 saturated carbocycles. The maximum absolute atomic E-state index is 12.9. The molecule has 3 rings (SSSR count). The van der Waals surface area contributed by atoms with Crippen LogP contribution in [0.3, 0.4) is 0 Å². The third-order valence-corrected chi connectivity index (χ3v) is 6.85. The van der Waals surface area contributed by atoms with Gasteiger partial charge in [0.15, 0.2) is 0 Å². The Hall–Kier alpha value is -1.15. The second-order valence-electron chi connectivity index (χ2n) is 6.34. The molecule has 1 atom stereocenters. The zero-order valence-corrected chi connectivity index (χ0v) is 15.0. The van der Waals surface area contributed by atoms with Gasteiger partial charge < -0.3 is 9.47 Å². The minimum absolute atomic E-state index is 0.231. The summed E-state index contributed by atoms with van der Waals surface area (Å²) < 4.78 is 39.6. The highest BCUT2D eigenvalue weighted by molar-refractivity contribution is 7.86. The Morgan fingerprint density at radius 1 is 1.04 bits per heavy atom. The topological polar surface area (TPSA) is 59.1 Å². The number of hydrogen-bond acceptors (Lipinski definition) is 4. The number of rotatable bonds is 4. The molecule has 1 aromatic rings. The molecular formula is C17H26N2O4S. The number of nitrogens with zero attached hydrogens (tertiary/aromatic N) is 2. The lowest BCUT2D eigenvalue weighted by Gasteiger charge is -2.32. The van der Waals surface area contributed by atoms with Crippen molar-refractivity contribution < 1.29 is 17.9 Å². The van der Waals surface area contributed by atoms with Crippen molar-refractivity contribution in [2.45, 2.75) is 25.2 Å². The van der Waals surface area contributed by atoms with Gasteiger partial charge >= 0.3 is 0 Å². The summed E-state index contributed by atoms with van der Waals surface area (Å²) in [7, 11) is -1.75. The van der Waals surface area contributed by atoms with Crippen LogP contribution in [0.25, 0.3) is 0 Å². The van der Waals surface area contributed by atoms with Gasteiger partial charge in [-0.15, -0.1) is 0 Å². The van der Waals surface area contributed by atoms with E-state index in [1.54, 1.807) is 15.7 Å². The molecule has 0 radical (unpaired) electrons. The van der Waals surface area contributed by atoms with Gasteiger partial charge in [0.2, 0.25) is 0 Å². The maximum atomic E-state index is 12.9. The van der Waals surface area contributed by atoms with Crippen molar-refractivity contribution in [3.05, 3.63) is 29.8 Å². The van der Waals surface area contributed by atoms with E-state index in [0.717, 1.165) is 25.0 Å². The molecule has 7 heteroatoms. The first kappa shape index (κ1) is 17.7. The van der Waals surface area contributed by atoms with E-state index in [0.29, 0.717) is 39.4 Å². The molecule has 2 saturated heterocycles. The van der Waals surface area contributed by atoms with Crippen LogP contribution in [0.15, 0.2) is 24.3 Å². The van der Waals surface area contributed by atoms with E-state index >= 15 is 0 Å². The van der Waals surface area contributed by atoms with Gasteiger partial charge in [-0.1, -0.05) is 18.6 Å². The Bertz CT molecular complexity index is 626. The smallest absolute Gasteiger partial charge is 0.282 e. The van der Waals surface area contributed by atoms with Crippen LogP contribution in [0.4, 0.5) is 0 Å². The minimum Gasteiger partial charge on any atom is -0.497 e. The first-order valence-electron chi connectivity index (χ1n) is 8.58. The van der Waals surface area contributed by atoms with E-state index in [-0.39, 0.29) is 5.92 Å². The van der Waals surface area contributed by atoms with Gasteiger partial charge in [0.1, 0.15) is 5.75 Å². The van der Waals surface area contributed by atoms with E-state index in [4.69, 9.17) is 9.47 Å². The predicted octanol–water partition coefficient (Wildman–Crippen LogP) is 1.84. The van der Waals surface area contributed by atoms with E-state index < -0.39 is 10.2 Å². The van der Waals surface area contributed by atoms with Gasteiger partial charge in [-0.2, -0.15) is 17.0 Å². The normalized spacial score (nSPS) is 24.5. The fourth-order valence-corrected chi connectivity index (χ4v) is 5.07. The third kappa shape index (κ3) is 3.91. The Labute approximate surface area is 144 Å². The van der Waals surface area contributed by atoms with Crippen molar-refractivity contribution in [2.24, 2.45) is 0 Å². The van der Waals surface area contributed by atoms with Gasteiger partial charge in [0.05, 0.1) is 20.3 Å². The fourth-order valence-electron chi connectivity index (χ4n) is 3.41. The first-order chi connectivity index (χ1) is 11.6. The second kappa shape index (κ2) is 7.82. The lowest BCUT2D eigenvalue weighted by molar-refractivity contribution is 0.0701. The Morgan fingerprint density at radius 3 is 2.42 bits per heavy atom. The summed E-state index contributed by atoms with van der Waals surface area (Å²) in [6, 6.07) is 7.99. The van der Waals surface area contributed by atoms with E-state index in [9.17, 15) is 8.42 Å². The van der Waals surface area contributed by atoms with E-state index in [2.05, 4.69) is 0 Å². The SMILES string of the molecule is COc1ccc(C2CCCCN(S(=O)(=O)N3CCOCC3)C2)cc1. The summed E-state index contributed by atoms with van der Waals surface area (Å²) in [5, 5.41) is 0. The monoisotopic (exact) mass is 354 g/mol. The van der Waals surface area contributed by atoms with Crippen LogP contribution in [0.2, 0.25) is 0 Å². The van der Waals surface area contributed by atoms with Crippen molar-refractivity contribution in [1.29, 1.82) is 0 Å². The molecule has 0 aliphatic carbocycles. The summed E-state index contributed by atoms with van der Waals surface area (Å²) in [6.07, 6.45) is 2.98. The summed E-state index contributed by atoms with van der Waals surface area (Å²) in [4.78, 5) is 0. The van der Waals surface area contributed by atoms with Crippen molar-refractivity contribution in [3.8, 4) is 5.75 Å². The molecule has 0 aromatic heterocycles. The van der Waals surface area contributed by atoms with Crippen LogP contribution in [-0.4, -0.2) is 63.5 Å². The molecule has 0 spiro atoms. The molecule has 0 N–H and O–H groups in total. The number of ether oxygens (including phenoxy) is 2.